The monoisotopic (exact) mass is 314 g/mol. The van der Waals surface area contributed by atoms with Gasteiger partial charge in [0.1, 0.15) is 0 Å². The fourth-order valence-corrected chi connectivity index (χ4v) is 4.03. The number of nitrogens with zero attached hydrogens (tertiary/aromatic N) is 1. The molecule has 1 N–H and O–H groups in total. The summed E-state index contributed by atoms with van der Waals surface area (Å²) in [5, 5.41) is 4.19. The summed E-state index contributed by atoms with van der Waals surface area (Å²) in [7, 11) is 0. The normalized spacial score (nSPS) is 15.1. The van der Waals surface area contributed by atoms with E-state index in [4.69, 9.17) is 4.98 Å². The van der Waals surface area contributed by atoms with Crippen molar-refractivity contribution in [2.75, 3.05) is 0 Å². The predicted molar refractivity (Wildman–Crippen MR) is 90.1 cm³/mol. The lowest BCUT2D eigenvalue weighted by molar-refractivity contribution is -0.121. The van der Waals surface area contributed by atoms with Gasteiger partial charge in [0.2, 0.25) is 5.91 Å². The lowest BCUT2D eigenvalue weighted by Gasteiger charge is -2.13. The molecule has 0 saturated carbocycles. The number of aromatic nitrogens is 1. The Morgan fingerprint density at radius 3 is 2.82 bits per heavy atom. The van der Waals surface area contributed by atoms with Crippen molar-refractivity contribution in [1.82, 2.24) is 10.3 Å². The predicted octanol–water partition coefficient (Wildman–Crippen LogP) is 3.83. The van der Waals surface area contributed by atoms with Gasteiger partial charge in [0.25, 0.3) is 0 Å². The van der Waals surface area contributed by atoms with Crippen molar-refractivity contribution in [1.29, 1.82) is 0 Å². The summed E-state index contributed by atoms with van der Waals surface area (Å²) >= 11 is 1.80. The number of fused-ring (bicyclic) bond motifs is 1. The zero-order valence-electron chi connectivity index (χ0n) is 13.0. The van der Waals surface area contributed by atoms with E-state index in [0.29, 0.717) is 6.42 Å². The number of hydrogen-bond donors (Lipinski definition) is 1. The summed E-state index contributed by atoms with van der Waals surface area (Å²) in [6, 6.07) is 10.1. The second kappa shape index (κ2) is 7.05. The number of rotatable bonds is 5. The van der Waals surface area contributed by atoms with E-state index < -0.39 is 0 Å². The van der Waals surface area contributed by atoms with Crippen LogP contribution in [-0.2, 0) is 24.1 Å². The maximum absolute atomic E-state index is 12.1. The van der Waals surface area contributed by atoms with E-state index in [-0.39, 0.29) is 11.9 Å². The summed E-state index contributed by atoms with van der Waals surface area (Å²) in [6.45, 7) is 2.02. The molecule has 1 aromatic heterocycles. The molecule has 0 bridgehead atoms. The molecule has 22 heavy (non-hydrogen) atoms. The number of thiazole rings is 1. The maximum atomic E-state index is 12.1. The highest BCUT2D eigenvalue weighted by Gasteiger charge is 2.16. The Hall–Kier alpha value is -1.68. The molecule has 1 unspecified atom stereocenters. The van der Waals surface area contributed by atoms with Crippen LogP contribution in [0, 0.1) is 0 Å². The van der Waals surface area contributed by atoms with Crippen LogP contribution in [0.3, 0.4) is 0 Å². The third-order valence-corrected chi connectivity index (χ3v) is 5.35. The Labute approximate surface area is 135 Å². The molecular weight excluding hydrogens is 292 g/mol. The summed E-state index contributed by atoms with van der Waals surface area (Å²) in [4.78, 5) is 18.3. The Balaban J connectivity index is 1.51. The number of carbonyl (C=O) groups is 1. The van der Waals surface area contributed by atoms with Crippen molar-refractivity contribution in [2.24, 2.45) is 0 Å². The van der Waals surface area contributed by atoms with E-state index in [9.17, 15) is 4.79 Å². The van der Waals surface area contributed by atoms with Crippen molar-refractivity contribution in [3.63, 3.8) is 0 Å². The van der Waals surface area contributed by atoms with Crippen molar-refractivity contribution < 1.29 is 4.79 Å². The van der Waals surface area contributed by atoms with Crippen LogP contribution in [0.1, 0.15) is 53.4 Å². The van der Waals surface area contributed by atoms with Crippen LogP contribution in [0.15, 0.2) is 30.3 Å². The standard InChI is InChI=1S/C18H22N2OS/c1-13(14-7-3-2-4-8-14)19-17(21)11-12-18-20-15-9-5-6-10-16(15)22-18/h2-4,7-8,13H,5-6,9-12H2,1H3,(H,19,21). The van der Waals surface area contributed by atoms with E-state index in [1.54, 1.807) is 11.3 Å². The topological polar surface area (TPSA) is 42.0 Å². The minimum Gasteiger partial charge on any atom is -0.350 e. The van der Waals surface area contributed by atoms with Crippen molar-refractivity contribution in [3.05, 3.63) is 51.5 Å². The quantitative estimate of drug-likeness (QED) is 0.911. The van der Waals surface area contributed by atoms with Gasteiger partial charge in [0.05, 0.1) is 16.7 Å². The van der Waals surface area contributed by atoms with Crippen LogP contribution in [0.25, 0.3) is 0 Å². The molecule has 4 heteroatoms. The van der Waals surface area contributed by atoms with E-state index in [2.05, 4.69) is 5.32 Å². The highest BCUT2D eigenvalue weighted by molar-refractivity contribution is 7.11. The van der Waals surface area contributed by atoms with Gasteiger partial charge in [-0.15, -0.1) is 11.3 Å². The average molecular weight is 314 g/mol. The SMILES string of the molecule is CC(NC(=O)CCc1nc2c(s1)CCCC2)c1ccccc1. The molecule has 1 aromatic carbocycles. The summed E-state index contributed by atoms with van der Waals surface area (Å²) in [5.74, 6) is 0.101. The second-order valence-corrected chi connectivity index (χ2v) is 7.05. The van der Waals surface area contributed by atoms with Crippen molar-refractivity contribution in [2.45, 2.75) is 51.5 Å². The van der Waals surface area contributed by atoms with Gasteiger partial charge in [0.15, 0.2) is 0 Å². The van der Waals surface area contributed by atoms with Gasteiger partial charge >= 0.3 is 0 Å². The molecule has 0 fully saturated rings. The molecule has 0 spiro atoms. The fraction of sp³-hybridized carbons (Fsp3) is 0.444. The van der Waals surface area contributed by atoms with E-state index in [1.807, 2.05) is 37.3 Å². The summed E-state index contributed by atoms with van der Waals surface area (Å²) < 4.78 is 0. The van der Waals surface area contributed by atoms with Crippen molar-refractivity contribution in [3.8, 4) is 0 Å². The molecule has 116 valence electrons. The van der Waals surface area contributed by atoms with Gasteiger partial charge in [-0.25, -0.2) is 4.98 Å². The van der Waals surface area contributed by atoms with E-state index in [1.165, 1.54) is 29.8 Å². The number of amides is 1. The molecule has 3 nitrogen and oxygen atoms in total. The molecule has 1 atom stereocenters. The lowest BCUT2D eigenvalue weighted by Crippen LogP contribution is -2.26. The number of benzene rings is 1. The van der Waals surface area contributed by atoms with E-state index in [0.717, 1.165) is 23.4 Å². The minimum atomic E-state index is 0.0539. The first-order valence-electron chi connectivity index (χ1n) is 8.04. The highest BCUT2D eigenvalue weighted by Crippen LogP contribution is 2.27. The summed E-state index contributed by atoms with van der Waals surface area (Å²) in [6.07, 6.45) is 6.09. The average Bonchev–Trinajstić information content (AvgIpc) is 2.96. The highest BCUT2D eigenvalue weighted by atomic mass is 32.1. The molecule has 1 amide bonds. The smallest absolute Gasteiger partial charge is 0.220 e. The first-order chi connectivity index (χ1) is 10.7. The van der Waals surface area contributed by atoms with Gasteiger partial charge in [-0.2, -0.15) is 0 Å². The Bertz CT molecular complexity index is 612. The van der Waals surface area contributed by atoms with Crippen molar-refractivity contribution >= 4 is 17.2 Å². The summed E-state index contributed by atoms with van der Waals surface area (Å²) in [5.41, 5.74) is 2.42. The zero-order chi connectivity index (χ0) is 15.4. The molecule has 1 aliphatic rings. The molecule has 1 heterocycles. The molecule has 0 radical (unpaired) electrons. The van der Waals surface area contributed by atoms with Crippen LogP contribution in [0.2, 0.25) is 0 Å². The van der Waals surface area contributed by atoms with Crippen LogP contribution < -0.4 is 5.32 Å². The Morgan fingerprint density at radius 2 is 2.05 bits per heavy atom. The van der Waals surface area contributed by atoms with Crippen LogP contribution in [-0.4, -0.2) is 10.9 Å². The number of aryl methyl sites for hydroxylation is 3. The maximum Gasteiger partial charge on any atom is 0.220 e. The number of nitrogens with one attached hydrogen (secondary N) is 1. The van der Waals surface area contributed by atoms with Crippen LogP contribution >= 0.6 is 11.3 Å². The molecule has 3 rings (SSSR count). The molecule has 0 saturated heterocycles. The van der Waals surface area contributed by atoms with Crippen LogP contribution in [0.4, 0.5) is 0 Å². The second-order valence-electron chi connectivity index (χ2n) is 5.88. The Kier molecular flexibility index (Phi) is 4.88. The first-order valence-corrected chi connectivity index (χ1v) is 8.86. The number of carbonyl (C=O) groups excluding carboxylic acids is 1. The fourth-order valence-electron chi connectivity index (χ4n) is 2.87. The zero-order valence-corrected chi connectivity index (χ0v) is 13.8. The van der Waals surface area contributed by atoms with Crippen LogP contribution in [0.5, 0.6) is 0 Å². The third-order valence-electron chi connectivity index (χ3n) is 4.13. The minimum absolute atomic E-state index is 0.0539. The molecular formula is C18H22N2OS. The third kappa shape index (κ3) is 3.74. The Morgan fingerprint density at radius 1 is 1.27 bits per heavy atom. The van der Waals surface area contributed by atoms with E-state index >= 15 is 0 Å². The van der Waals surface area contributed by atoms with Gasteiger partial charge in [-0.05, 0) is 38.2 Å². The molecule has 2 aromatic rings. The number of hydrogen-bond acceptors (Lipinski definition) is 3. The van der Waals surface area contributed by atoms with Gasteiger partial charge in [0, 0.05) is 17.7 Å². The van der Waals surface area contributed by atoms with Gasteiger partial charge < -0.3 is 5.32 Å². The molecule has 1 aliphatic carbocycles. The van der Waals surface area contributed by atoms with Gasteiger partial charge in [-0.3, -0.25) is 4.79 Å². The largest absolute Gasteiger partial charge is 0.350 e. The first kappa shape index (κ1) is 15.2. The van der Waals surface area contributed by atoms with Gasteiger partial charge in [-0.1, -0.05) is 30.3 Å². The lowest BCUT2D eigenvalue weighted by atomic mass is 10.0. The molecule has 0 aliphatic heterocycles.